The summed E-state index contributed by atoms with van der Waals surface area (Å²) in [6, 6.07) is 5.16. The third-order valence-corrected chi connectivity index (χ3v) is 2.70. The number of halogens is 1. The molecule has 1 atom stereocenters. The number of hydrogen-bond donors (Lipinski definition) is 2. The van der Waals surface area contributed by atoms with Gasteiger partial charge in [-0.05, 0) is 32.0 Å². The van der Waals surface area contributed by atoms with Gasteiger partial charge in [0.05, 0.1) is 12.2 Å². The molecule has 0 spiro atoms. The molecule has 0 radical (unpaired) electrons. The molecule has 0 aromatic heterocycles. The summed E-state index contributed by atoms with van der Waals surface area (Å²) in [6.07, 6.45) is 0. The van der Waals surface area contributed by atoms with Gasteiger partial charge in [0, 0.05) is 22.8 Å². The highest BCUT2D eigenvalue weighted by molar-refractivity contribution is 9.10. The van der Waals surface area contributed by atoms with Gasteiger partial charge < -0.3 is 15.8 Å². The molecule has 0 saturated carbocycles. The molecule has 0 bridgehead atoms. The van der Waals surface area contributed by atoms with Gasteiger partial charge in [0.2, 0.25) is 0 Å². The molecule has 0 fully saturated rings. The summed E-state index contributed by atoms with van der Waals surface area (Å²) >= 11 is 3.30. The second-order valence-corrected chi connectivity index (χ2v) is 4.68. The zero-order valence-corrected chi connectivity index (χ0v) is 11.6. The molecular weight excluding hydrogens is 284 g/mol. The fourth-order valence-electron chi connectivity index (χ4n) is 1.38. The summed E-state index contributed by atoms with van der Waals surface area (Å²) in [6.45, 7) is 4.95. The van der Waals surface area contributed by atoms with Gasteiger partial charge in [-0.1, -0.05) is 15.9 Å². The van der Waals surface area contributed by atoms with Crippen molar-refractivity contribution in [2.45, 2.75) is 19.9 Å². The van der Waals surface area contributed by atoms with E-state index in [-0.39, 0.29) is 11.9 Å². The van der Waals surface area contributed by atoms with Gasteiger partial charge in [0.1, 0.15) is 0 Å². The normalized spacial score (nSPS) is 12.2. The van der Waals surface area contributed by atoms with Gasteiger partial charge >= 0.3 is 0 Å². The number of nitrogens with two attached hydrogens (primary N) is 1. The lowest BCUT2D eigenvalue weighted by molar-refractivity contribution is 0.0873. The Labute approximate surface area is 110 Å². The molecule has 0 aliphatic heterocycles. The molecule has 1 aromatic rings. The molecule has 1 rings (SSSR count). The van der Waals surface area contributed by atoms with Gasteiger partial charge in [0.15, 0.2) is 0 Å². The summed E-state index contributed by atoms with van der Waals surface area (Å²) in [4.78, 5) is 11.9. The number of amides is 1. The molecule has 1 unspecified atom stereocenters. The van der Waals surface area contributed by atoms with E-state index in [9.17, 15) is 4.79 Å². The van der Waals surface area contributed by atoms with Gasteiger partial charge in [-0.15, -0.1) is 0 Å². The van der Waals surface area contributed by atoms with Crippen LogP contribution in [0.1, 0.15) is 24.2 Å². The summed E-state index contributed by atoms with van der Waals surface area (Å²) < 4.78 is 6.08. The van der Waals surface area contributed by atoms with E-state index in [0.29, 0.717) is 24.5 Å². The smallest absolute Gasteiger partial charge is 0.253 e. The summed E-state index contributed by atoms with van der Waals surface area (Å²) in [5.41, 5.74) is 6.72. The zero-order chi connectivity index (χ0) is 12.8. The Kier molecular flexibility index (Phi) is 5.44. The summed E-state index contributed by atoms with van der Waals surface area (Å²) in [5, 5.41) is 2.83. The van der Waals surface area contributed by atoms with Crippen molar-refractivity contribution >= 4 is 27.5 Å². The lowest BCUT2D eigenvalue weighted by Gasteiger charge is -2.14. The minimum absolute atomic E-state index is 0.0366. The highest BCUT2D eigenvalue weighted by Gasteiger charge is 2.12. The largest absolute Gasteiger partial charge is 0.398 e. The van der Waals surface area contributed by atoms with E-state index >= 15 is 0 Å². The lowest BCUT2D eigenvalue weighted by atomic mass is 10.1. The predicted molar refractivity (Wildman–Crippen MR) is 72.0 cm³/mol. The minimum Gasteiger partial charge on any atom is -0.398 e. The third kappa shape index (κ3) is 4.36. The number of nitrogen functional groups attached to an aromatic ring is 1. The van der Waals surface area contributed by atoms with Crippen molar-refractivity contribution in [3.63, 3.8) is 0 Å². The van der Waals surface area contributed by atoms with Crippen molar-refractivity contribution in [1.82, 2.24) is 5.32 Å². The van der Waals surface area contributed by atoms with Gasteiger partial charge in [0.25, 0.3) is 5.91 Å². The number of nitrogens with one attached hydrogen (secondary N) is 1. The van der Waals surface area contributed by atoms with Crippen LogP contribution < -0.4 is 11.1 Å². The van der Waals surface area contributed by atoms with Crippen molar-refractivity contribution in [1.29, 1.82) is 0 Å². The number of ether oxygens (including phenoxy) is 1. The fraction of sp³-hybridized carbons (Fsp3) is 0.417. The first-order chi connectivity index (χ1) is 8.04. The first-order valence-electron chi connectivity index (χ1n) is 5.48. The number of carbonyl (C=O) groups excluding carboxylic acids is 1. The molecule has 0 aliphatic carbocycles. The molecule has 0 saturated heterocycles. The van der Waals surface area contributed by atoms with Gasteiger partial charge in [-0.2, -0.15) is 0 Å². The molecule has 94 valence electrons. The van der Waals surface area contributed by atoms with Gasteiger partial charge in [-0.25, -0.2) is 0 Å². The van der Waals surface area contributed by atoms with E-state index in [2.05, 4.69) is 21.2 Å². The first-order valence-corrected chi connectivity index (χ1v) is 6.27. The second-order valence-electron chi connectivity index (χ2n) is 3.77. The topological polar surface area (TPSA) is 64.3 Å². The number of carbonyl (C=O) groups is 1. The Morgan fingerprint density at radius 2 is 2.29 bits per heavy atom. The quantitative estimate of drug-likeness (QED) is 0.819. The molecular formula is C12H17BrN2O2. The average molecular weight is 301 g/mol. The van der Waals surface area contributed by atoms with E-state index in [1.807, 2.05) is 13.8 Å². The standard InChI is InChI=1S/C12H17BrN2O2/c1-3-17-7-8(2)15-12(16)10-5-4-9(13)6-11(10)14/h4-6,8H,3,7,14H2,1-2H3,(H,15,16). The summed E-state index contributed by atoms with van der Waals surface area (Å²) in [5.74, 6) is -0.179. The maximum Gasteiger partial charge on any atom is 0.253 e. The molecule has 1 amide bonds. The maximum absolute atomic E-state index is 11.9. The Hall–Kier alpha value is -1.07. The molecule has 4 nitrogen and oxygen atoms in total. The van der Waals surface area contributed by atoms with Crippen LogP contribution in [-0.4, -0.2) is 25.2 Å². The van der Waals surface area contributed by atoms with Crippen LogP contribution in [0, 0.1) is 0 Å². The number of anilines is 1. The van der Waals surface area contributed by atoms with Crippen molar-refractivity contribution < 1.29 is 9.53 Å². The molecule has 3 N–H and O–H groups in total. The Morgan fingerprint density at radius 1 is 1.59 bits per heavy atom. The fourth-order valence-corrected chi connectivity index (χ4v) is 1.76. The van der Waals surface area contributed by atoms with Crippen LogP contribution >= 0.6 is 15.9 Å². The zero-order valence-electron chi connectivity index (χ0n) is 10.00. The van der Waals surface area contributed by atoms with Crippen LogP contribution in [0.5, 0.6) is 0 Å². The van der Waals surface area contributed by atoms with E-state index in [1.165, 1.54) is 0 Å². The molecule has 0 aliphatic rings. The number of rotatable bonds is 5. The predicted octanol–water partition coefficient (Wildman–Crippen LogP) is 2.19. The first kappa shape index (κ1) is 14.0. The monoisotopic (exact) mass is 300 g/mol. The van der Waals surface area contributed by atoms with Crippen LogP contribution in [-0.2, 0) is 4.74 Å². The van der Waals surface area contributed by atoms with Crippen LogP contribution in [0.2, 0.25) is 0 Å². The van der Waals surface area contributed by atoms with Crippen LogP contribution in [0.15, 0.2) is 22.7 Å². The van der Waals surface area contributed by atoms with Crippen molar-refractivity contribution in [2.24, 2.45) is 0 Å². The SMILES string of the molecule is CCOCC(C)NC(=O)c1ccc(Br)cc1N. The number of hydrogen-bond acceptors (Lipinski definition) is 3. The molecule has 0 heterocycles. The highest BCUT2D eigenvalue weighted by atomic mass is 79.9. The van der Waals surface area contributed by atoms with Crippen molar-refractivity contribution in [3.8, 4) is 0 Å². The van der Waals surface area contributed by atoms with Crippen LogP contribution in [0.3, 0.4) is 0 Å². The van der Waals surface area contributed by atoms with Crippen LogP contribution in [0.4, 0.5) is 5.69 Å². The van der Waals surface area contributed by atoms with Gasteiger partial charge in [-0.3, -0.25) is 4.79 Å². The average Bonchev–Trinajstić information content (AvgIpc) is 2.26. The van der Waals surface area contributed by atoms with E-state index < -0.39 is 0 Å². The minimum atomic E-state index is -0.179. The Morgan fingerprint density at radius 3 is 2.88 bits per heavy atom. The second kappa shape index (κ2) is 6.61. The Balaban J connectivity index is 2.63. The van der Waals surface area contributed by atoms with Crippen molar-refractivity contribution in [2.75, 3.05) is 18.9 Å². The van der Waals surface area contributed by atoms with E-state index in [0.717, 1.165) is 4.47 Å². The highest BCUT2D eigenvalue weighted by Crippen LogP contribution is 2.18. The summed E-state index contributed by atoms with van der Waals surface area (Å²) in [7, 11) is 0. The third-order valence-electron chi connectivity index (χ3n) is 2.21. The molecule has 5 heteroatoms. The number of benzene rings is 1. The van der Waals surface area contributed by atoms with E-state index in [1.54, 1.807) is 18.2 Å². The van der Waals surface area contributed by atoms with Crippen molar-refractivity contribution in [3.05, 3.63) is 28.2 Å². The Bertz CT molecular complexity index is 396. The molecule has 1 aromatic carbocycles. The van der Waals surface area contributed by atoms with E-state index in [4.69, 9.17) is 10.5 Å². The van der Waals surface area contributed by atoms with Crippen LogP contribution in [0.25, 0.3) is 0 Å². The maximum atomic E-state index is 11.9. The molecule has 17 heavy (non-hydrogen) atoms. The lowest BCUT2D eigenvalue weighted by Crippen LogP contribution is -2.36.